The largest absolute Gasteiger partial charge is 0.497 e. The van der Waals surface area contributed by atoms with Crippen LogP contribution in [0.4, 0.5) is 0 Å². The second-order valence-corrected chi connectivity index (χ2v) is 8.11. The third-order valence-corrected chi connectivity index (χ3v) is 5.33. The summed E-state index contributed by atoms with van der Waals surface area (Å²) in [6.07, 6.45) is 2.04. The maximum atomic E-state index is 10.5. The van der Waals surface area contributed by atoms with Gasteiger partial charge in [0.1, 0.15) is 11.5 Å². The van der Waals surface area contributed by atoms with E-state index in [0.717, 1.165) is 35.7 Å². The van der Waals surface area contributed by atoms with Gasteiger partial charge in [0.05, 0.1) is 43.4 Å². The van der Waals surface area contributed by atoms with Crippen LogP contribution in [-0.4, -0.2) is 59.3 Å². The zero-order chi connectivity index (χ0) is 24.3. The molecular formula is C27H35N3O4. The lowest BCUT2D eigenvalue weighted by Gasteiger charge is -2.25. The Bertz CT molecular complexity index is 1040. The highest BCUT2D eigenvalue weighted by molar-refractivity contribution is 5.44. The Labute approximate surface area is 202 Å². The van der Waals surface area contributed by atoms with Crippen LogP contribution in [0.25, 0.3) is 5.69 Å². The number of aliphatic hydroxyl groups is 1. The summed E-state index contributed by atoms with van der Waals surface area (Å²) in [5.41, 5.74) is 2.76. The predicted octanol–water partition coefficient (Wildman–Crippen LogP) is 4.76. The molecular weight excluding hydrogens is 430 g/mol. The molecule has 182 valence electrons. The Morgan fingerprint density at radius 3 is 2.62 bits per heavy atom. The summed E-state index contributed by atoms with van der Waals surface area (Å²) in [7, 11) is 1.63. The van der Waals surface area contributed by atoms with Crippen molar-refractivity contribution in [3.63, 3.8) is 0 Å². The predicted molar refractivity (Wildman–Crippen MR) is 134 cm³/mol. The molecule has 7 nitrogen and oxygen atoms in total. The van der Waals surface area contributed by atoms with Crippen LogP contribution in [0, 0.1) is 6.92 Å². The van der Waals surface area contributed by atoms with Crippen molar-refractivity contribution in [2.24, 2.45) is 0 Å². The fourth-order valence-electron chi connectivity index (χ4n) is 3.76. The van der Waals surface area contributed by atoms with Gasteiger partial charge >= 0.3 is 0 Å². The van der Waals surface area contributed by atoms with E-state index < -0.39 is 6.10 Å². The SMILES string of the molecule is C=CCOCC(O)CN(CCC)Cc1c(C)nn(-c2ccccc2)c1Oc1cccc(OC)c1. The highest BCUT2D eigenvalue weighted by Gasteiger charge is 2.22. The smallest absolute Gasteiger partial charge is 0.227 e. The maximum Gasteiger partial charge on any atom is 0.227 e. The second kappa shape index (κ2) is 12.9. The van der Waals surface area contributed by atoms with E-state index >= 15 is 0 Å². The number of aliphatic hydroxyl groups excluding tert-OH is 1. The third kappa shape index (κ3) is 6.93. The normalized spacial score (nSPS) is 12.0. The van der Waals surface area contributed by atoms with Gasteiger partial charge in [0.2, 0.25) is 5.88 Å². The molecule has 3 aromatic rings. The molecule has 7 heteroatoms. The number of nitrogens with zero attached hydrogens (tertiary/aromatic N) is 3. The van der Waals surface area contributed by atoms with E-state index in [2.05, 4.69) is 18.4 Å². The van der Waals surface area contributed by atoms with Crippen LogP contribution >= 0.6 is 0 Å². The molecule has 0 spiro atoms. The van der Waals surface area contributed by atoms with Crippen LogP contribution in [0.15, 0.2) is 67.3 Å². The van der Waals surface area contributed by atoms with Gasteiger partial charge in [0, 0.05) is 19.2 Å². The van der Waals surface area contributed by atoms with E-state index in [9.17, 15) is 5.11 Å². The first-order valence-electron chi connectivity index (χ1n) is 11.6. The number of hydrogen-bond donors (Lipinski definition) is 1. The van der Waals surface area contributed by atoms with Gasteiger partial charge in [-0.15, -0.1) is 6.58 Å². The van der Waals surface area contributed by atoms with Crippen molar-refractivity contribution in [3.8, 4) is 23.1 Å². The minimum absolute atomic E-state index is 0.266. The summed E-state index contributed by atoms with van der Waals surface area (Å²) in [4.78, 5) is 2.21. The molecule has 0 saturated heterocycles. The molecule has 0 aliphatic carbocycles. The van der Waals surface area contributed by atoms with Gasteiger partial charge < -0.3 is 19.3 Å². The van der Waals surface area contributed by atoms with Crippen LogP contribution in [-0.2, 0) is 11.3 Å². The van der Waals surface area contributed by atoms with Gasteiger partial charge in [-0.25, -0.2) is 4.68 Å². The quantitative estimate of drug-likeness (QED) is 0.274. The molecule has 2 aromatic carbocycles. The van der Waals surface area contributed by atoms with E-state index in [0.29, 0.717) is 31.3 Å². The van der Waals surface area contributed by atoms with Crippen molar-refractivity contribution in [2.75, 3.05) is 33.4 Å². The summed E-state index contributed by atoms with van der Waals surface area (Å²) in [6, 6.07) is 17.5. The van der Waals surface area contributed by atoms with Crippen molar-refractivity contribution in [2.45, 2.75) is 32.9 Å². The minimum Gasteiger partial charge on any atom is -0.497 e. The summed E-state index contributed by atoms with van der Waals surface area (Å²) in [5.74, 6) is 2.03. The lowest BCUT2D eigenvalue weighted by atomic mass is 10.2. The van der Waals surface area contributed by atoms with E-state index in [-0.39, 0.29) is 6.61 Å². The number of rotatable bonds is 14. The summed E-state index contributed by atoms with van der Waals surface area (Å²) in [5, 5.41) is 15.3. The van der Waals surface area contributed by atoms with E-state index in [4.69, 9.17) is 19.3 Å². The maximum absolute atomic E-state index is 10.5. The molecule has 0 amide bonds. The van der Waals surface area contributed by atoms with Gasteiger partial charge in [-0.1, -0.05) is 37.3 Å². The molecule has 0 aliphatic heterocycles. The molecule has 0 fully saturated rings. The fraction of sp³-hybridized carbons (Fsp3) is 0.370. The molecule has 1 unspecified atom stereocenters. The van der Waals surface area contributed by atoms with Crippen molar-refractivity contribution in [3.05, 3.63) is 78.5 Å². The Hall–Kier alpha value is -3.13. The van der Waals surface area contributed by atoms with Crippen molar-refractivity contribution in [1.29, 1.82) is 0 Å². The zero-order valence-corrected chi connectivity index (χ0v) is 20.3. The molecule has 1 aromatic heterocycles. The molecule has 1 heterocycles. The Morgan fingerprint density at radius 1 is 1.15 bits per heavy atom. The highest BCUT2D eigenvalue weighted by Crippen LogP contribution is 2.33. The average molecular weight is 466 g/mol. The molecule has 0 saturated carbocycles. The lowest BCUT2D eigenvalue weighted by molar-refractivity contribution is 0.0244. The Morgan fingerprint density at radius 2 is 1.91 bits per heavy atom. The van der Waals surface area contributed by atoms with Crippen molar-refractivity contribution >= 4 is 0 Å². The highest BCUT2D eigenvalue weighted by atomic mass is 16.5. The summed E-state index contributed by atoms with van der Waals surface area (Å²) in [6.45, 7) is 10.3. The van der Waals surface area contributed by atoms with Gasteiger partial charge in [-0.05, 0) is 44.2 Å². The van der Waals surface area contributed by atoms with Crippen molar-refractivity contribution < 1.29 is 19.3 Å². The van der Waals surface area contributed by atoms with Gasteiger partial charge in [-0.2, -0.15) is 5.10 Å². The average Bonchev–Trinajstić information content (AvgIpc) is 3.15. The van der Waals surface area contributed by atoms with Gasteiger partial charge in [0.15, 0.2) is 0 Å². The Kier molecular flexibility index (Phi) is 9.70. The molecule has 3 rings (SSSR count). The number of ether oxygens (including phenoxy) is 3. The molecule has 0 aliphatic rings. The van der Waals surface area contributed by atoms with Crippen molar-refractivity contribution in [1.82, 2.24) is 14.7 Å². The second-order valence-electron chi connectivity index (χ2n) is 8.11. The van der Waals surface area contributed by atoms with Crippen LogP contribution in [0.3, 0.4) is 0 Å². The number of hydrogen-bond acceptors (Lipinski definition) is 6. The third-order valence-electron chi connectivity index (χ3n) is 5.33. The number of para-hydroxylation sites is 1. The van der Waals surface area contributed by atoms with Crippen LogP contribution < -0.4 is 9.47 Å². The summed E-state index contributed by atoms with van der Waals surface area (Å²) < 4.78 is 19.1. The number of methoxy groups -OCH3 is 1. The van der Waals surface area contributed by atoms with E-state index in [1.165, 1.54) is 0 Å². The van der Waals surface area contributed by atoms with Gasteiger partial charge in [-0.3, -0.25) is 4.90 Å². The number of aryl methyl sites for hydroxylation is 1. The standard InChI is InChI=1S/C27H35N3O4/c1-5-15-29(18-23(31)20-33-16-6-2)19-26-21(3)28-30(22-11-8-7-9-12-22)27(26)34-25-14-10-13-24(17-25)32-4/h6-14,17,23,31H,2,5,15-16,18-20H2,1,3-4H3. The molecule has 0 radical (unpaired) electrons. The molecule has 1 N–H and O–H groups in total. The summed E-state index contributed by atoms with van der Waals surface area (Å²) >= 11 is 0. The monoisotopic (exact) mass is 465 g/mol. The zero-order valence-electron chi connectivity index (χ0n) is 20.3. The molecule has 0 bridgehead atoms. The minimum atomic E-state index is -0.598. The molecule has 1 atom stereocenters. The number of benzene rings is 2. The first-order valence-corrected chi connectivity index (χ1v) is 11.6. The molecule has 34 heavy (non-hydrogen) atoms. The topological polar surface area (TPSA) is 69.0 Å². The van der Waals surface area contributed by atoms with Crippen LogP contribution in [0.5, 0.6) is 17.4 Å². The van der Waals surface area contributed by atoms with Gasteiger partial charge in [0.25, 0.3) is 0 Å². The number of aromatic nitrogens is 2. The van der Waals surface area contributed by atoms with E-state index in [1.54, 1.807) is 13.2 Å². The van der Waals surface area contributed by atoms with Crippen LogP contribution in [0.1, 0.15) is 24.6 Å². The first kappa shape index (κ1) is 25.5. The first-order chi connectivity index (χ1) is 16.5. The Balaban J connectivity index is 1.92. The lowest BCUT2D eigenvalue weighted by Crippen LogP contribution is -2.35. The fourth-order valence-corrected chi connectivity index (χ4v) is 3.76. The van der Waals surface area contributed by atoms with Crippen LogP contribution in [0.2, 0.25) is 0 Å². The van der Waals surface area contributed by atoms with E-state index in [1.807, 2.05) is 66.2 Å².